The van der Waals surface area contributed by atoms with E-state index in [0.717, 1.165) is 50.7 Å². The summed E-state index contributed by atoms with van der Waals surface area (Å²) in [4.78, 5) is 28.1. The molecule has 4 fully saturated rings. The lowest BCUT2D eigenvalue weighted by Crippen LogP contribution is -2.54. The smallest absolute Gasteiger partial charge is 0.225 e. The molecule has 0 spiro atoms. The maximum atomic E-state index is 12.5. The Balaban J connectivity index is 1.40. The van der Waals surface area contributed by atoms with Crippen molar-refractivity contribution in [2.75, 3.05) is 19.6 Å². The number of nitrogens with zero attached hydrogens (tertiary/aromatic N) is 2. The number of hydrogen-bond acceptors (Lipinski definition) is 2. The predicted octanol–water partition coefficient (Wildman–Crippen LogP) is 0.866. The SMILES string of the molecule is O=C(C1CC2CC2C1)N1CCN2C(=O)CCC2C1. The van der Waals surface area contributed by atoms with Gasteiger partial charge in [0, 0.05) is 38.0 Å². The molecule has 4 nitrogen and oxygen atoms in total. The Hall–Kier alpha value is -1.06. The van der Waals surface area contributed by atoms with E-state index < -0.39 is 0 Å². The van der Waals surface area contributed by atoms with E-state index in [1.165, 1.54) is 6.42 Å². The number of carbonyl (C=O) groups excluding carboxylic acids is 2. The van der Waals surface area contributed by atoms with E-state index >= 15 is 0 Å². The van der Waals surface area contributed by atoms with Crippen LogP contribution in [-0.4, -0.2) is 47.3 Å². The molecule has 2 saturated heterocycles. The molecule has 4 heteroatoms. The van der Waals surface area contributed by atoms with Crippen LogP contribution in [0.4, 0.5) is 0 Å². The monoisotopic (exact) mass is 248 g/mol. The first-order valence-electron chi connectivity index (χ1n) is 7.30. The highest BCUT2D eigenvalue weighted by Crippen LogP contribution is 2.54. The highest BCUT2D eigenvalue weighted by atomic mass is 16.2. The van der Waals surface area contributed by atoms with Crippen molar-refractivity contribution in [3.63, 3.8) is 0 Å². The standard InChI is InChI=1S/C14H20N2O2/c17-13-2-1-12-8-15(3-4-16(12)13)14(18)11-6-9-5-10(9)7-11/h9-12H,1-8H2. The Morgan fingerprint density at radius 1 is 1.11 bits per heavy atom. The van der Waals surface area contributed by atoms with Crippen LogP contribution in [-0.2, 0) is 9.59 Å². The third-order valence-electron chi connectivity index (χ3n) is 5.40. The maximum Gasteiger partial charge on any atom is 0.225 e. The lowest BCUT2D eigenvalue weighted by Gasteiger charge is -2.38. The largest absolute Gasteiger partial charge is 0.339 e. The molecular weight excluding hydrogens is 228 g/mol. The fourth-order valence-corrected chi connectivity index (χ4v) is 4.24. The van der Waals surface area contributed by atoms with Crippen molar-refractivity contribution in [2.24, 2.45) is 17.8 Å². The van der Waals surface area contributed by atoms with Crippen molar-refractivity contribution in [1.82, 2.24) is 9.80 Å². The zero-order chi connectivity index (χ0) is 12.3. The molecule has 4 aliphatic rings. The minimum atomic E-state index is 0.286. The molecule has 0 bridgehead atoms. The average Bonchev–Trinajstić information content (AvgIpc) is 2.83. The number of amides is 2. The van der Waals surface area contributed by atoms with E-state index in [2.05, 4.69) is 0 Å². The van der Waals surface area contributed by atoms with Gasteiger partial charge in [-0.05, 0) is 37.5 Å². The van der Waals surface area contributed by atoms with Gasteiger partial charge in [-0.3, -0.25) is 9.59 Å². The van der Waals surface area contributed by atoms with Crippen LogP contribution in [0.15, 0.2) is 0 Å². The average molecular weight is 248 g/mol. The molecule has 2 aliphatic carbocycles. The molecule has 4 rings (SSSR count). The van der Waals surface area contributed by atoms with Gasteiger partial charge < -0.3 is 9.80 Å². The van der Waals surface area contributed by atoms with Crippen LogP contribution in [0.3, 0.4) is 0 Å². The first-order valence-corrected chi connectivity index (χ1v) is 7.30. The molecule has 2 saturated carbocycles. The lowest BCUT2D eigenvalue weighted by atomic mass is 10.0. The summed E-state index contributed by atoms with van der Waals surface area (Å²) in [6.07, 6.45) is 5.26. The number of piperazine rings is 1. The number of carbonyl (C=O) groups is 2. The maximum absolute atomic E-state index is 12.5. The molecule has 0 aromatic carbocycles. The quantitative estimate of drug-likeness (QED) is 0.691. The van der Waals surface area contributed by atoms with Gasteiger partial charge in [-0.25, -0.2) is 0 Å². The summed E-state index contributed by atoms with van der Waals surface area (Å²) in [5.41, 5.74) is 0. The van der Waals surface area contributed by atoms with Gasteiger partial charge in [0.1, 0.15) is 0 Å². The van der Waals surface area contributed by atoms with Crippen molar-refractivity contribution >= 4 is 11.8 Å². The van der Waals surface area contributed by atoms with E-state index in [9.17, 15) is 9.59 Å². The van der Waals surface area contributed by atoms with Gasteiger partial charge in [-0.15, -0.1) is 0 Å². The number of rotatable bonds is 1. The van der Waals surface area contributed by atoms with E-state index in [1.807, 2.05) is 9.80 Å². The van der Waals surface area contributed by atoms with E-state index in [-0.39, 0.29) is 5.91 Å². The number of fused-ring (bicyclic) bond motifs is 2. The fourth-order valence-electron chi connectivity index (χ4n) is 4.24. The fraction of sp³-hybridized carbons (Fsp3) is 0.857. The molecule has 0 aromatic rings. The summed E-state index contributed by atoms with van der Waals surface area (Å²) in [5.74, 6) is 2.70. The summed E-state index contributed by atoms with van der Waals surface area (Å²) in [7, 11) is 0. The van der Waals surface area contributed by atoms with Gasteiger partial charge in [0.05, 0.1) is 0 Å². The Labute approximate surface area is 107 Å². The van der Waals surface area contributed by atoms with Gasteiger partial charge in [-0.2, -0.15) is 0 Å². The van der Waals surface area contributed by atoms with Crippen LogP contribution < -0.4 is 0 Å². The summed E-state index contributed by atoms with van der Waals surface area (Å²) in [6.45, 7) is 2.30. The van der Waals surface area contributed by atoms with Crippen LogP contribution >= 0.6 is 0 Å². The minimum absolute atomic E-state index is 0.286. The molecule has 0 aromatic heterocycles. The Morgan fingerprint density at radius 3 is 2.67 bits per heavy atom. The molecule has 2 aliphatic heterocycles. The summed E-state index contributed by atoms with van der Waals surface area (Å²) < 4.78 is 0. The second kappa shape index (κ2) is 3.72. The molecule has 2 amide bonds. The molecule has 98 valence electrons. The zero-order valence-corrected chi connectivity index (χ0v) is 10.7. The number of hydrogen-bond donors (Lipinski definition) is 0. The summed E-state index contributed by atoms with van der Waals surface area (Å²) in [6, 6.07) is 0.311. The second-order valence-corrected chi connectivity index (χ2v) is 6.49. The van der Waals surface area contributed by atoms with Crippen LogP contribution in [0.1, 0.15) is 32.1 Å². The lowest BCUT2D eigenvalue weighted by molar-refractivity contribution is -0.142. The van der Waals surface area contributed by atoms with E-state index in [1.54, 1.807) is 0 Å². The Morgan fingerprint density at radius 2 is 1.89 bits per heavy atom. The topological polar surface area (TPSA) is 40.6 Å². The highest BCUT2D eigenvalue weighted by Gasteiger charge is 2.49. The minimum Gasteiger partial charge on any atom is -0.339 e. The van der Waals surface area contributed by atoms with Crippen molar-refractivity contribution in [3.8, 4) is 0 Å². The zero-order valence-electron chi connectivity index (χ0n) is 10.7. The van der Waals surface area contributed by atoms with Crippen LogP contribution in [0.2, 0.25) is 0 Å². The van der Waals surface area contributed by atoms with Crippen LogP contribution in [0.25, 0.3) is 0 Å². The summed E-state index contributed by atoms with van der Waals surface area (Å²) in [5, 5.41) is 0. The van der Waals surface area contributed by atoms with Gasteiger partial charge in [0.2, 0.25) is 11.8 Å². The van der Waals surface area contributed by atoms with E-state index in [0.29, 0.717) is 24.3 Å². The molecule has 18 heavy (non-hydrogen) atoms. The Kier molecular flexibility index (Phi) is 2.24. The van der Waals surface area contributed by atoms with Crippen molar-refractivity contribution in [2.45, 2.75) is 38.1 Å². The van der Waals surface area contributed by atoms with Crippen LogP contribution in [0, 0.1) is 17.8 Å². The molecule has 3 atom stereocenters. The molecule has 0 radical (unpaired) electrons. The van der Waals surface area contributed by atoms with Crippen molar-refractivity contribution in [1.29, 1.82) is 0 Å². The third kappa shape index (κ3) is 1.57. The normalized spacial score (nSPS) is 41.9. The molecule has 2 heterocycles. The van der Waals surface area contributed by atoms with Gasteiger partial charge in [0.15, 0.2) is 0 Å². The molecule has 3 unspecified atom stereocenters. The first kappa shape index (κ1) is 10.8. The highest BCUT2D eigenvalue weighted by molar-refractivity contribution is 5.82. The predicted molar refractivity (Wildman–Crippen MR) is 65.6 cm³/mol. The Bertz CT molecular complexity index is 399. The van der Waals surface area contributed by atoms with Crippen molar-refractivity contribution in [3.05, 3.63) is 0 Å². The van der Waals surface area contributed by atoms with Gasteiger partial charge >= 0.3 is 0 Å². The first-order chi connectivity index (χ1) is 8.72. The van der Waals surface area contributed by atoms with Gasteiger partial charge in [-0.1, -0.05) is 0 Å². The van der Waals surface area contributed by atoms with Crippen molar-refractivity contribution < 1.29 is 9.59 Å². The third-order valence-corrected chi connectivity index (χ3v) is 5.40. The molecular formula is C14H20N2O2. The van der Waals surface area contributed by atoms with Crippen LogP contribution in [0.5, 0.6) is 0 Å². The summed E-state index contributed by atoms with van der Waals surface area (Å²) >= 11 is 0. The van der Waals surface area contributed by atoms with E-state index in [4.69, 9.17) is 0 Å². The van der Waals surface area contributed by atoms with Gasteiger partial charge in [0.25, 0.3) is 0 Å². The molecule has 0 N–H and O–H groups in total. The second-order valence-electron chi connectivity index (χ2n) is 6.49.